The molecule has 0 bridgehead atoms. The summed E-state index contributed by atoms with van der Waals surface area (Å²) < 4.78 is 6.61. The van der Waals surface area contributed by atoms with Gasteiger partial charge in [-0.2, -0.15) is 5.10 Å². The lowest BCUT2D eigenvalue weighted by molar-refractivity contribution is -0.137. The van der Waals surface area contributed by atoms with Crippen molar-refractivity contribution in [3.05, 3.63) is 41.6 Å². The average molecular weight is 329 g/mol. The van der Waals surface area contributed by atoms with Crippen LogP contribution in [-0.4, -0.2) is 33.9 Å². The van der Waals surface area contributed by atoms with Crippen LogP contribution in [0.5, 0.6) is 5.75 Å². The number of nitrogens with zero attached hydrogens (tertiary/aromatic N) is 2. The Balaban J connectivity index is 1.77. The van der Waals surface area contributed by atoms with Gasteiger partial charge in [-0.1, -0.05) is 12.1 Å². The van der Waals surface area contributed by atoms with Gasteiger partial charge in [-0.25, -0.2) is 0 Å². The number of carbonyl (C=O) groups excluding carboxylic acids is 1. The molecule has 7 heteroatoms. The van der Waals surface area contributed by atoms with E-state index in [1.54, 1.807) is 13.2 Å². The molecule has 126 valence electrons. The maximum Gasteiger partial charge on any atom is 0.325 e. The van der Waals surface area contributed by atoms with Crippen LogP contribution in [0.25, 0.3) is 0 Å². The lowest BCUT2D eigenvalue weighted by atomic mass is 9.93. The Morgan fingerprint density at radius 1 is 1.38 bits per heavy atom. The number of anilines is 1. The van der Waals surface area contributed by atoms with E-state index in [0.29, 0.717) is 5.82 Å². The van der Waals surface area contributed by atoms with Crippen LogP contribution in [0, 0.1) is 6.92 Å². The number of rotatable bonds is 6. The van der Waals surface area contributed by atoms with Crippen molar-refractivity contribution in [2.45, 2.75) is 31.7 Å². The third-order valence-electron chi connectivity index (χ3n) is 4.32. The number of aryl methyl sites for hydroxylation is 1. The molecular weight excluding hydrogens is 310 g/mol. The van der Waals surface area contributed by atoms with Gasteiger partial charge in [-0.3, -0.25) is 14.3 Å². The van der Waals surface area contributed by atoms with Crippen molar-refractivity contribution in [1.82, 2.24) is 9.78 Å². The molecule has 0 spiro atoms. The second kappa shape index (κ2) is 5.99. The Labute approximate surface area is 139 Å². The quantitative estimate of drug-likeness (QED) is 0.845. The molecule has 0 aliphatic heterocycles. The van der Waals surface area contributed by atoms with Gasteiger partial charge >= 0.3 is 5.97 Å². The molecule has 1 amide bonds. The summed E-state index contributed by atoms with van der Waals surface area (Å²) in [6.45, 7) is 1.72. The molecule has 1 aliphatic rings. The lowest BCUT2D eigenvalue weighted by Crippen LogP contribution is -2.28. The SMILES string of the molecule is COc1cc(C2(C(=O)Nc3ccn(CC(=O)O)n3)CC2)ccc1C. The van der Waals surface area contributed by atoms with Crippen LogP contribution in [0.2, 0.25) is 0 Å². The Morgan fingerprint density at radius 3 is 2.75 bits per heavy atom. The molecule has 2 N–H and O–H groups in total. The zero-order chi connectivity index (χ0) is 17.3. The molecule has 1 aromatic carbocycles. The number of carboxylic acids is 1. The van der Waals surface area contributed by atoms with Gasteiger partial charge in [-0.15, -0.1) is 0 Å². The fourth-order valence-corrected chi connectivity index (χ4v) is 2.78. The van der Waals surface area contributed by atoms with E-state index in [-0.39, 0.29) is 12.5 Å². The largest absolute Gasteiger partial charge is 0.496 e. The number of nitrogens with one attached hydrogen (secondary N) is 1. The number of amides is 1. The lowest BCUT2D eigenvalue weighted by Gasteiger charge is -2.16. The minimum absolute atomic E-state index is 0.131. The van der Waals surface area contributed by atoms with Crippen LogP contribution < -0.4 is 10.1 Å². The first-order valence-electron chi connectivity index (χ1n) is 7.66. The first-order valence-corrected chi connectivity index (χ1v) is 7.66. The zero-order valence-electron chi connectivity index (χ0n) is 13.6. The molecule has 1 aliphatic carbocycles. The summed E-state index contributed by atoms with van der Waals surface area (Å²) >= 11 is 0. The van der Waals surface area contributed by atoms with Gasteiger partial charge in [0.15, 0.2) is 5.82 Å². The molecular formula is C17H19N3O4. The van der Waals surface area contributed by atoms with Gasteiger partial charge in [0.1, 0.15) is 12.3 Å². The van der Waals surface area contributed by atoms with Crippen LogP contribution >= 0.6 is 0 Å². The third kappa shape index (κ3) is 2.97. The van der Waals surface area contributed by atoms with Crippen molar-refractivity contribution < 1.29 is 19.4 Å². The second-order valence-corrected chi connectivity index (χ2v) is 6.01. The summed E-state index contributed by atoms with van der Waals surface area (Å²) in [5, 5.41) is 15.6. The van der Waals surface area contributed by atoms with Crippen LogP contribution in [0.3, 0.4) is 0 Å². The Hall–Kier alpha value is -2.83. The van der Waals surface area contributed by atoms with Gasteiger partial charge in [0, 0.05) is 12.3 Å². The van der Waals surface area contributed by atoms with E-state index in [0.717, 1.165) is 29.7 Å². The fraction of sp³-hybridized carbons (Fsp3) is 0.353. The van der Waals surface area contributed by atoms with E-state index in [4.69, 9.17) is 9.84 Å². The van der Waals surface area contributed by atoms with Crippen LogP contribution in [0.15, 0.2) is 30.5 Å². The van der Waals surface area contributed by atoms with E-state index >= 15 is 0 Å². The topological polar surface area (TPSA) is 93.5 Å². The van der Waals surface area contributed by atoms with Crippen molar-refractivity contribution in [1.29, 1.82) is 0 Å². The number of carboxylic acid groups (broad SMARTS) is 1. The summed E-state index contributed by atoms with van der Waals surface area (Å²) in [6.07, 6.45) is 3.06. The number of carbonyl (C=O) groups is 2. The van der Waals surface area contributed by atoms with Crippen LogP contribution in [0.1, 0.15) is 24.0 Å². The summed E-state index contributed by atoms with van der Waals surface area (Å²) in [7, 11) is 1.61. The van der Waals surface area contributed by atoms with Crippen molar-refractivity contribution in [3.8, 4) is 5.75 Å². The zero-order valence-corrected chi connectivity index (χ0v) is 13.6. The molecule has 3 rings (SSSR count). The Kier molecular flexibility index (Phi) is 4.01. The number of aliphatic carboxylic acids is 1. The number of benzene rings is 1. The predicted molar refractivity (Wildman–Crippen MR) is 87.1 cm³/mol. The van der Waals surface area contributed by atoms with Crippen molar-refractivity contribution in [3.63, 3.8) is 0 Å². The molecule has 7 nitrogen and oxygen atoms in total. The molecule has 0 radical (unpaired) electrons. The first-order chi connectivity index (χ1) is 11.4. The minimum atomic E-state index is -0.985. The van der Waals surface area contributed by atoms with Crippen molar-refractivity contribution in [2.24, 2.45) is 0 Å². The fourth-order valence-electron chi connectivity index (χ4n) is 2.78. The molecule has 1 saturated carbocycles. The summed E-state index contributed by atoms with van der Waals surface area (Å²) in [4.78, 5) is 23.4. The number of hydrogen-bond acceptors (Lipinski definition) is 4. The van der Waals surface area contributed by atoms with Gasteiger partial charge in [0.2, 0.25) is 5.91 Å². The molecule has 1 fully saturated rings. The standard InChI is InChI=1S/C17H19N3O4/c1-11-3-4-12(9-13(11)24-2)17(6-7-17)16(23)18-14-5-8-20(19-14)10-15(21)22/h3-5,8-9H,6-7,10H2,1-2H3,(H,21,22)(H,18,19,23). The third-order valence-corrected chi connectivity index (χ3v) is 4.32. The average Bonchev–Trinajstić information content (AvgIpc) is 3.24. The highest BCUT2D eigenvalue weighted by molar-refractivity contribution is 6.00. The van der Waals surface area contributed by atoms with Gasteiger partial charge < -0.3 is 15.2 Å². The van der Waals surface area contributed by atoms with E-state index < -0.39 is 11.4 Å². The highest BCUT2D eigenvalue weighted by Crippen LogP contribution is 2.49. The maximum atomic E-state index is 12.7. The Morgan fingerprint density at radius 2 is 2.12 bits per heavy atom. The second-order valence-electron chi connectivity index (χ2n) is 6.01. The number of methoxy groups -OCH3 is 1. The highest BCUT2D eigenvalue weighted by Gasteiger charge is 2.51. The minimum Gasteiger partial charge on any atom is -0.496 e. The van der Waals surface area contributed by atoms with Gasteiger partial charge in [0.25, 0.3) is 0 Å². The van der Waals surface area contributed by atoms with Crippen LogP contribution in [0.4, 0.5) is 5.82 Å². The Bertz CT molecular complexity index is 793. The molecule has 0 unspecified atom stereocenters. The summed E-state index contributed by atoms with van der Waals surface area (Å²) in [6, 6.07) is 7.40. The number of ether oxygens (including phenoxy) is 1. The van der Waals surface area contributed by atoms with Gasteiger partial charge in [0.05, 0.1) is 12.5 Å². The molecule has 0 saturated heterocycles. The summed E-state index contributed by atoms with van der Waals surface area (Å²) in [5.74, 6) is -0.000663. The highest BCUT2D eigenvalue weighted by atomic mass is 16.5. The number of hydrogen-bond donors (Lipinski definition) is 2. The van der Waals surface area contributed by atoms with E-state index in [2.05, 4.69) is 10.4 Å². The first kappa shape index (κ1) is 16.0. The maximum absolute atomic E-state index is 12.7. The van der Waals surface area contributed by atoms with Crippen LogP contribution in [-0.2, 0) is 21.5 Å². The molecule has 24 heavy (non-hydrogen) atoms. The van der Waals surface area contributed by atoms with E-state index in [1.807, 2.05) is 25.1 Å². The van der Waals surface area contributed by atoms with E-state index in [1.165, 1.54) is 10.9 Å². The molecule has 1 heterocycles. The smallest absolute Gasteiger partial charge is 0.325 e. The molecule has 1 aromatic heterocycles. The van der Waals surface area contributed by atoms with Crippen molar-refractivity contribution >= 4 is 17.7 Å². The van der Waals surface area contributed by atoms with Crippen molar-refractivity contribution in [2.75, 3.05) is 12.4 Å². The van der Waals surface area contributed by atoms with E-state index in [9.17, 15) is 9.59 Å². The monoisotopic (exact) mass is 329 g/mol. The van der Waals surface area contributed by atoms with Gasteiger partial charge in [-0.05, 0) is 37.0 Å². The molecule has 0 atom stereocenters. The predicted octanol–water partition coefficient (Wildman–Crippen LogP) is 1.96. The normalized spacial score (nSPS) is 14.9. The number of aromatic nitrogens is 2. The molecule has 2 aromatic rings. The summed E-state index contributed by atoms with van der Waals surface area (Å²) in [5.41, 5.74) is 1.38.